The van der Waals surface area contributed by atoms with Gasteiger partial charge in [0.15, 0.2) is 5.82 Å². The van der Waals surface area contributed by atoms with E-state index < -0.39 is 0 Å². The molecule has 29 heavy (non-hydrogen) atoms. The van der Waals surface area contributed by atoms with Crippen LogP contribution in [0.15, 0.2) is 59.8 Å². The summed E-state index contributed by atoms with van der Waals surface area (Å²) < 4.78 is 6.75. The molecule has 0 saturated heterocycles. The Morgan fingerprint density at radius 2 is 1.83 bits per heavy atom. The quantitative estimate of drug-likeness (QED) is 0.437. The number of hydrogen-bond donors (Lipinski definition) is 2. The number of nitrogens with one attached hydrogen (secondary N) is 1. The number of para-hydroxylation sites is 1. The highest BCUT2D eigenvalue weighted by atomic mass is 32.2. The Hall–Kier alpha value is -3.00. The van der Waals surface area contributed by atoms with Crippen molar-refractivity contribution in [2.24, 2.45) is 0 Å². The van der Waals surface area contributed by atoms with E-state index in [0.29, 0.717) is 23.3 Å². The van der Waals surface area contributed by atoms with Crippen LogP contribution in [0.4, 0.5) is 0 Å². The van der Waals surface area contributed by atoms with Crippen LogP contribution in [0.5, 0.6) is 5.75 Å². The minimum Gasteiger partial charge on any atom is -0.496 e. The molecule has 0 fully saturated rings. The third-order valence-electron chi connectivity index (χ3n) is 4.61. The van der Waals surface area contributed by atoms with Gasteiger partial charge in [-0.25, -0.2) is 4.68 Å². The van der Waals surface area contributed by atoms with Gasteiger partial charge < -0.3 is 15.9 Å². The number of ether oxygens (including phenoxy) is 1. The molecule has 2 atom stereocenters. The summed E-state index contributed by atoms with van der Waals surface area (Å²) in [6, 6.07) is 17.6. The van der Waals surface area contributed by atoms with E-state index in [9.17, 15) is 4.79 Å². The molecule has 152 valence electrons. The van der Waals surface area contributed by atoms with Crippen molar-refractivity contribution >= 4 is 17.7 Å². The lowest BCUT2D eigenvalue weighted by molar-refractivity contribution is -0.120. The average molecular weight is 412 g/mol. The van der Waals surface area contributed by atoms with Gasteiger partial charge in [-0.15, -0.1) is 10.2 Å². The molecule has 0 aliphatic heterocycles. The number of benzene rings is 2. The summed E-state index contributed by atoms with van der Waals surface area (Å²) in [6.07, 6.45) is 0. The number of methoxy groups -OCH3 is 1. The van der Waals surface area contributed by atoms with Crippen molar-refractivity contribution < 1.29 is 9.53 Å². The summed E-state index contributed by atoms with van der Waals surface area (Å²) in [4.78, 5) is 12.5. The number of rotatable bonds is 8. The first kappa shape index (κ1) is 20.7. The first-order valence-electron chi connectivity index (χ1n) is 9.34. The SMILES string of the molecule is COc1ccccc1-c1nnc(SC(C)C(=O)NCC(C)c2ccccc2)n1N. The minimum atomic E-state index is -0.366. The van der Waals surface area contributed by atoms with E-state index in [-0.39, 0.29) is 17.1 Å². The Bertz CT molecular complexity index is 961. The summed E-state index contributed by atoms with van der Waals surface area (Å²) in [5.41, 5.74) is 1.93. The van der Waals surface area contributed by atoms with E-state index in [1.807, 2.05) is 49.4 Å². The molecule has 3 rings (SSSR count). The summed E-state index contributed by atoms with van der Waals surface area (Å²) in [5, 5.41) is 11.4. The Morgan fingerprint density at radius 3 is 2.55 bits per heavy atom. The number of aromatic nitrogens is 3. The highest BCUT2D eigenvalue weighted by Gasteiger charge is 2.21. The molecular formula is C21H25N5O2S. The van der Waals surface area contributed by atoms with E-state index >= 15 is 0 Å². The molecule has 1 amide bonds. The lowest BCUT2D eigenvalue weighted by atomic mass is 10.0. The highest BCUT2D eigenvalue weighted by Crippen LogP contribution is 2.30. The van der Waals surface area contributed by atoms with Crippen molar-refractivity contribution in [3.8, 4) is 17.1 Å². The second-order valence-corrected chi connectivity index (χ2v) is 8.00. The van der Waals surface area contributed by atoms with Crippen LogP contribution in [0.2, 0.25) is 0 Å². The fraction of sp³-hybridized carbons (Fsp3) is 0.286. The number of thioether (sulfide) groups is 1. The number of nitrogen functional groups attached to an aromatic ring is 1. The van der Waals surface area contributed by atoms with Gasteiger partial charge in [0.1, 0.15) is 5.75 Å². The Kier molecular flexibility index (Phi) is 6.77. The molecule has 7 nitrogen and oxygen atoms in total. The number of nitrogens with two attached hydrogens (primary N) is 1. The van der Waals surface area contributed by atoms with Crippen LogP contribution in [0.25, 0.3) is 11.4 Å². The number of nitrogens with zero attached hydrogens (tertiary/aromatic N) is 3. The van der Waals surface area contributed by atoms with Gasteiger partial charge in [0.2, 0.25) is 11.1 Å². The van der Waals surface area contributed by atoms with Gasteiger partial charge in [0.25, 0.3) is 0 Å². The predicted molar refractivity (Wildman–Crippen MR) is 115 cm³/mol. The van der Waals surface area contributed by atoms with Crippen molar-refractivity contribution in [3.63, 3.8) is 0 Å². The summed E-state index contributed by atoms with van der Waals surface area (Å²) in [5.74, 6) is 7.49. The molecule has 1 aromatic heterocycles. The Morgan fingerprint density at radius 1 is 1.14 bits per heavy atom. The van der Waals surface area contributed by atoms with Gasteiger partial charge in [0.05, 0.1) is 17.9 Å². The van der Waals surface area contributed by atoms with Gasteiger partial charge in [-0.05, 0) is 30.5 Å². The number of amides is 1. The van der Waals surface area contributed by atoms with E-state index in [2.05, 4.69) is 34.6 Å². The van der Waals surface area contributed by atoms with Crippen molar-refractivity contribution in [3.05, 3.63) is 60.2 Å². The van der Waals surface area contributed by atoms with E-state index in [1.54, 1.807) is 7.11 Å². The summed E-state index contributed by atoms with van der Waals surface area (Å²) in [7, 11) is 1.59. The van der Waals surface area contributed by atoms with Crippen molar-refractivity contribution in [2.45, 2.75) is 30.2 Å². The molecule has 8 heteroatoms. The first-order chi connectivity index (χ1) is 14.0. The zero-order chi connectivity index (χ0) is 20.8. The zero-order valence-electron chi connectivity index (χ0n) is 16.7. The lowest BCUT2D eigenvalue weighted by Crippen LogP contribution is -2.33. The van der Waals surface area contributed by atoms with Crippen LogP contribution >= 0.6 is 11.8 Å². The maximum absolute atomic E-state index is 12.5. The molecule has 0 aliphatic rings. The van der Waals surface area contributed by atoms with Crippen LogP contribution in [0, 0.1) is 0 Å². The molecule has 3 aromatic rings. The number of hydrogen-bond acceptors (Lipinski definition) is 6. The number of carbonyl (C=O) groups excluding carboxylic acids is 1. The third kappa shape index (κ3) is 4.89. The first-order valence-corrected chi connectivity index (χ1v) is 10.2. The molecule has 0 bridgehead atoms. The fourth-order valence-electron chi connectivity index (χ4n) is 2.88. The van der Waals surface area contributed by atoms with Crippen LogP contribution in [0.3, 0.4) is 0 Å². The summed E-state index contributed by atoms with van der Waals surface area (Å²) >= 11 is 1.27. The van der Waals surface area contributed by atoms with Gasteiger partial charge in [0, 0.05) is 6.54 Å². The average Bonchev–Trinajstić information content (AvgIpc) is 3.12. The predicted octanol–water partition coefficient (Wildman–Crippen LogP) is 3.07. The topological polar surface area (TPSA) is 95.1 Å². The smallest absolute Gasteiger partial charge is 0.233 e. The Labute approximate surface area is 174 Å². The molecule has 2 unspecified atom stereocenters. The molecule has 2 aromatic carbocycles. The molecular weight excluding hydrogens is 386 g/mol. The highest BCUT2D eigenvalue weighted by molar-refractivity contribution is 8.00. The van der Waals surface area contributed by atoms with Crippen molar-refractivity contribution in [2.75, 3.05) is 19.5 Å². The second kappa shape index (κ2) is 9.47. The normalized spacial score (nSPS) is 12.9. The standard InChI is InChI=1S/C21H25N5O2S/c1-14(16-9-5-4-6-10-16)13-23-20(27)15(2)29-21-25-24-19(26(21)22)17-11-7-8-12-18(17)28-3/h4-12,14-15H,13,22H2,1-3H3,(H,23,27). The zero-order valence-corrected chi connectivity index (χ0v) is 17.5. The molecule has 0 radical (unpaired) electrons. The van der Waals surface area contributed by atoms with Gasteiger partial charge in [-0.1, -0.05) is 61.2 Å². The molecule has 3 N–H and O–H groups in total. The second-order valence-electron chi connectivity index (χ2n) is 6.69. The van der Waals surface area contributed by atoms with Gasteiger partial charge in [-0.2, -0.15) is 0 Å². The van der Waals surface area contributed by atoms with E-state index in [0.717, 1.165) is 5.56 Å². The van der Waals surface area contributed by atoms with Crippen molar-refractivity contribution in [1.82, 2.24) is 20.2 Å². The molecule has 1 heterocycles. The van der Waals surface area contributed by atoms with Gasteiger partial charge in [-0.3, -0.25) is 4.79 Å². The molecule has 0 aliphatic carbocycles. The molecule has 0 saturated carbocycles. The Balaban J connectivity index is 1.63. The van der Waals surface area contributed by atoms with Crippen molar-refractivity contribution in [1.29, 1.82) is 0 Å². The van der Waals surface area contributed by atoms with Crippen LogP contribution in [-0.4, -0.2) is 39.7 Å². The van der Waals surface area contributed by atoms with Crippen LogP contribution < -0.4 is 15.9 Å². The monoisotopic (exact) mass is 411 g/mol. The van der Waals surface area contributed by atoms with Gasteiger partial charge >= 0.3 is 0 Å². The minimum absolute atomic E-state index is 0.0698. The summed E-state index contributed by atoms with van der Waals surface area (Å²) in [6.45, 7) is 4.48. The van der Waals surface area contributed by atoms with Crippen LogP contribution in [0.1, 0.15) is 25.3 Å². The van der Waals surface area contributed by atoms with E-state index in [1.165, 1.54) is 22.0 Å². The van der Waals surface area contributed by atoms with Crippen LogP contribution in [-0.2, 0) is 4.79 Å². The number of carbonyl (C=O) groups is 1. The fourth-order valence-corrected chi connectivity index (χ4v) is 3.67. The maximum atomic E-state index is 12.5. The lowest BCUT2D eigenvalue weighted by Gasteiger charge is -2.15. The third-order valence-corrected chi connectivity index (χ3v) is 5.67. The maximum Gasteiger partial charge on any atom is 0.233 e. The largest absolute Gasteiger partial charge is 0.496 e. The molecule has 0 spiro atoms. The van der Waals surface area contributed by atoms with E-state index in [4.69, 9.17) is 10.6 Å².